The van der Waals surface area contributed by atoms with E-state index >= 15 is 0 Å². The highest BCUT2D eigenvalue weighted by Crippen LogP contribution is 2.16. The Bertz CT molecular complexity index is 219. The van der Waals surface area contributed by atoms with Gasteiger partial charge in [-0.05, 0) is 12.8 Å². The van der Waals surface area contributed by atoms with Gasteiger partial charge >= 0.3 is 6.03 Å². The summed E-state index contributed by atoms with van der Waals surface area (Å²) in [6.07, 6.45) is 1.43. The van der Waals surface area contributed by atoms with Crippen molar-refractivity contribution in [2.24, 2.45) is 5.73 Å². The largest absolute Gasteiger partial charge is 0.351 e. The van der Waals surface area contributed by atoms with Crippen LogP contribution in [0, 0.1) is 0 Å². The normalized spacial score (nSPS) is 21.6. The van der Waals surface area contributed by atoms with Crippen LogP contribution in [0.25, 0.3) is 0 Å². The number of nitrogens with zero attached hydrogens (tertiary/aromatic N) is 1. The summed E-state index contributed by atoms with van der Waals surface area (Å²) in [7, 11) is 1.35. The molecule has 0 aliphatic carbocycles. The predicted octanol–water partition coefficient (Wildman–Crippen LogP) is -0.793. The molecule has 0 unspecified atom stereocenters. The fourth-order valence-electron chi connectivity index (χ4n) is 1.47. The Hall–Kier alpha value is -1.30. The van der Waals surface area contributed by atoms with Crippen molar-refractivity contribution in [2.75, 3.05) is 13.7 Å². The fourth-order valence-corrected chi connectivity index (χ4v) is 1.47. The molecular weight excluding hydrogens is 174 g/mol. The number of amides is 3. The highest BCUT2D eigenvalue weighted by atomic mass is 16.6. The first-order valence-corrected chi connectivity index (χ1v) is 4.05. The van der Waals surface area contributed by atoms with Gasteiger partial charge in [-0.1, -0.05) is 0 Å². The first kappa shape index (κ1) is 9.79. The molecule has 6 heteroatoms. The Balaban J connectivity index is 2.57. The number of hydrogen-bond donors (Lipinski definition) is 2. The minimum Gasteiger partial charge on any atom is -0.351 e. The van der Waals surface area contributed by atoms with Crippen molar-refractivity contribution in [3.05, 3.63) is 0 Å². The molecule has 1 fully saturated rings. The molecule has 0 spiro atoms. The molecule has 13 heavy (non-hydrogen) atoms. The first-order valence-electron chi connectivity index (χ1n) is 4.05. The van der Waals surface area contributed by atoms with Gasteiger partial charge in [0.25, 0.3) is 5.91 Å². The lowest BCUT2D eigenvalue weighted by Crippen LogP contribution is -2.47. The van der Waals surface area contributed by atoms with Gasteiger partial charge in [0.1, 0.15) is 6.04 Å². The molecule has 74 valence electrons. The van der Waals surface area contributed by atoms with Gasteiger partial charge < -0.3 is 10.6 Å². The minimum absolute atomic E-state index is 0.321. The van der Waals surface area contributed by atoms with Crippen LogP contribution >= 0.6 is 0 Å². The third kappa shape index (κ3) is 2.09. The molecule has 0 saturated carbocycles. The third-order valence-corrected chi connectivity index (χ3v) is 2.04. The van der Waals surface area contributed by atoms with Crippen LogP contribution in [0.2, 0.25) is 0 Å². The number of urea groups is 1. The molecule has 0 aromatic rings. The molecule has 0 bridgehead atoms. The van der Waals surface area contributed by atoms with Crippen molar-refractivity contribution in [1.29, 1.82) is 0 Å². The van der Waals surface area contributed by atoms with Gasteiger partial charge in [0.05, 0.1) is 7.11 Å². The predicted molar refractivity (Wildman–Crippen MR) is 44.5 cm³/mol. The minimum atomic E-state index is -0.561. The smallest absolute Gasteiger partial charge is 0.315 e. The monoisotopic (exact) mass is 187 g/mol. The number of nitrogens with two attached hydrogens (primary N) is 1. The molecule has 1 rings (SSSR count). The van der Waals surface area contributed by atoms with Crippen LogP contribution in [-0.2, 0) is 9.63 Å². The van der Waals surface area contributed by atoms with E-state index in [9.17, 15) is 9.59 Å². The third-order valence-electron chi connectivity index (χ3n) is 2.04. The maximum atomic E-state index is 11.3. The summed E-state index contributed by atoms with van der Waals surface area (Å²) in [4.78, 5) is 27.9. The second-order valence-electron chi connectivity index (χ2n) is 2.86. The van der Waals surface area contributed by atoms with Crippen LogP contribution in [-0.4, -0.2) is 36.5 Å². The second-order valence-corrected chi connectivity index (χ2v) is 2.86. The maximum Gasteiger partial charge on any atom is 0.315 e. The molecule has 1 aliphatic heterocycles. The lowest BCUT2D eigenvalue weighted by atomic mass is 10.2. The summed E-state index contributed by atoms with van der Waals surface area (Å²) in [5, 5.41) is 0. The Labute approximate surface area is 76.0 Å². The Kier molecular flexibility index (Phi) is 3.07. The number of carbonyl (C=O) groups excluding carboxylic acids is 2. The van der Waals surface area contributed by atoms with E-state index in [4.69, 9.17) is 5.73 Å². The van der Waals surface area contributed by atoms with Gasteiger partial charge in [0.2, 0.25) is 0 Å². The van der Waals surface area contributed by atoms with Crippen molar-refractivity contribution < 1.29 is 14.4 Å². The zero-order valence-corrected chi connectivity index (χ0v) is 7.45. The number of carbonyl (C=O) groups is 2. The highest BCUT2D eigenvalue weighted by Gasteiger charge is 2.32. The summed E-state index contributed by atoms with van der Waals surface area (Å²) in [5.41, 5.74) is 7.27. The molecule has 1 atom stereocenters. The van der Waals surface area contributed by atoms with Crippen molar-refractivity contribution in [3.63, 3.8) is 0 Å². The number of nitrogens with one attached hydrogen (secondary N) is 1. The lowest BCUT2D eigenvalue weighted by Gasteiger charge is -2.20. The van der Waals surface area contributed by atoms with Gasteiger partial charge in [0, 0.05) is 6.54 Å². The highest BCUT2D eigenvalue weighted by molar-refractivity contribution is 5.86. The summed E-state index contributed by atoms with van der Waals surface area (Å²) < 4.78 is 0. The fraction of sp³-hybridized carbons (Fsp3) is 0.714. The van der Waals surface area contributed by atoms with Gasteiger partial charge in [-0.25, -0.2) is 10.3 Å². The van der Waals surface area contributed by atoms with Crippen LogP contribution < -0.4 is 11.2 Å². The molecule has 3 amide bonds. The summed E-state index contributed by atoms with van der Waals surface area (Å²) >= 11 is 0. The van der Waals surface area contributed by atoms with E-state index in [0.717, 1.165) is 6.42 Å². The standard InChI is InChI=1S/C7H13N3O3/c1-13-9-6(11)5-3-2-4-10(5)7(8)12/h5H,2-4H2,1H3,(H2,8,12)(H,9,11)/t5-/m0/s1. The van der Waals surface area contributed by atoms with Gasteiger partial charge in [0.15, 0.2) is 0 Å². The van der Waals surface area contributed by atoms with E-state index in [1.807, 2.05) is 0 Å². The summed E-state index contributed by atoms with van der Waals surface area (Å²) in [6.45, 7) is 0.539. The van der Waals surface area contributed by atoms with E-state index in [-0.39, 0.29) is 5.91 Å². The maximum absolute atomic E-state index is 11.3. The SMILES string of the molecule is CONC(=O)[C@@H]1CCCN1C(N)=O. The number of hydroxylamine groups is 1. The first-order chi connectivity index (χ1) is 6.16. The average Bonchev–Trinajstić information content (AvgIpc) is 2.52. The van der Waals surface area contributed by atoms with Crippen LogP contribution in [0.3, 0.4) is 0 Å². The molecule has 0 radical (unpaired) electrons. The Morgan fingerprint density at radius 1 is 1.62 bits per heavy atom. The van der Waals surface area contributed by atoms with Crippen LogP contribution in [0.4, 0.5) is 4.79 Å². The second kappa shape index (κ2) is 4.08. The van der Waals surface area contributed by atoms with Crippen LogP contribution in [0.5, 0.6) is 0 Å². The molecular formula is C7H13N3O3. The molecule has 1 aliphatic rings. The zero-order chi connectivity index (χ0) is 9.84. The van der Waals surface area contributed by atoms with Crippen molar-refractivity contribution in [3.8, 4) is 0 Å². The van der Waals surface area contributed by atoms with E-state index in [1.165, 1.54) is 12.0 Å². The van der Waals surface area contributed by atoms with Crippen LogP contribution in [0.1, 0.15) is 12.8 Å². The molecule has 3 N–H and O–H groups in total. The number of hydrogen-bond acceptors (Lipinski definition) is 3. The number of primary amides is 1. The van der Waals surface area contributed by atoms with E-state index in [0.29, 0.717) is 13.0 Å². The molecule has 0 aromatic heterocycles. The Morgan fingerprint density at radius 2 is 2.31 bits per heavy atom. The van der Waals surface area contributed by atoms with Crippen LogP contribution in [0.15, 0.2) is 0 Å². The Morgan fingerprint density at radius 3 is 2.85 bits per heavy atom. The van der Waals surface area contributed by atoms with Gasteiger partial charge in [-0.2, -0.15) is 0 Å². The average molecular weight is 187 g/mol. The topological polar surface area (TPSA) is 84.7 Å². The van der Waals surface area contributed by atoms with Crippen molar-refractivity contribution >= 4 is 11.9 Å². The quantitative estimate of drug-likeness (QED) is 0.555. The zero-order valence-electron chi connectivity index (χ0n) is 7.45. The molecule has 6 nitrogen and oxygen atoms in total. The molecule has 1 heterocycles. The summed E-state index contributed by atoms with van der Waals surface area (Å²) in [6, 6.07) is -1.04. The van der Waals surface area contributed by atoms with Gasteiger partial charge in [-0.3, -0.25) is 9.63 Å². The lowest BCUT2D eigenvalue weighted by molar-refractivity contribution is -0.135. The molecule has 1 saturated heterocycles. The van der Waals surface area contributed by atoms with Crippen molar-refractivity contribution in [2.45, 2.75) is 18.9 Å². The molecule has 0 aromatic carbocycles. The van der Waals surface area contributed by atoms with Gasteiger partial charge in [-0.15, -0.1) is 0 Å². The summed E-state index contributed by atoms with van der Waals surface area (Å²) in [5.74, 6) is -0.321. The number of likely N-dealkylation sites (tertiary alicyclic amines) is 1. The van der Waals surface area contributed by atoms with E-state index in [2.05, 4.69) is 10.3 Å². The van der Waals surface area contributed by atoms with E-state index in [1.54, 1.807) is 0 Å². The van der Waals surface area contributed by atoms with E-state index < -0.39 is 12.1 Å². The van der Waals surface area contributed by atoms with Crippen molar-refractivity contribution in [1.82, 2.24) is 10.4 Å². The number of rotatable bonds is 2.